The zero-order valence-corrected chi connectivity index (χ0v) is 14.9. The highest BCUT2D eigenvalue weighted by molar-refractivity contribution is 6.34. The highest BCUT2D eigenvalue weighted by atomic mass is 35.5. The van der Waals surface area contributed by atoms with Crippen molar-refractivity contribution in [1.82, 2.24) is 10.1 Å². The van der Waals surface area contributed by atoms with E-state index in [9.17, 15) is 4.79 Å². The monoisotopic (exact) mass is 375 g/mol. The fourth-order valence-corrected chi connectivity index (χ4v) is 2.81. The molecule has 0 aliphatic rings. The van der Waals surface area contributed by atoms with Crippen LogP contribution in [-0.2, 0) is 0 Å². The number of benzene rings is 3. The fourth-order valence-electron chi connectivity index (χ4n) is 2.59. The minimum Gasteiger partial charge on any atom is -0.334 e. The number of hydrogen-bond donors (Lipinski definition) is 1. The molecule has 6 heteroatoms. The number of carbonyl (C=O) groups excluding carboxylic acids is 1. The van der Waals surface area contributed by atoms with Crippen LogP contribution in [0, 0.1) is 0 Å². The van der Waals surface area contributed by atoms with Gasteiger partial charge in [-0.3, -0.25) is 4.79 Å². The zero-order valence-electron chi connectivity index (χ0n) is 14.1. The lowest BCUT2D eigenvalue weighted by Crippen LogP contribution is -2.12. The van der Waals surface area contributed by atoms with Gasteiger partial charge in [0.2, 0.25) is 5.82 Å². The molecule has 5 nitrogen and oxygen atoms in total. The van der Waals surface area contributed by atoms with E-state index in [1.54, 1.807) is 36.4 Å². The molecule has 0 radical (unpaired) electrons. The van der Waals surface area contributed by atoms with Crippen LogP contribution in [0.3, 0.4) is 0 Å². The molecule has 4 rings (SSSR count). The van der Waals surface area contributed by atoms with Crippen LogP contribution in [0.15, 0.2) is 83.4 Å². The van der Waals surface area contributed by atoms with Crippen LogP contribution in [0.25, 0.3) is 22.8 Å². The van der Waals surface area contributed by atoms with Gasteiger partial charge in [0.25, 0.3) is 11.8 Å². The molecule has 3 aromatic carbocycles. The molecule has 0 fully saturated rings. The Balaban J connectivity index is 1.50. The Hall–Kier alpha value is -3.44. The van der Waals surface area contributed by atoms with Crippen LogP contribution in [0.1, 0.15) is 10.4 Å². The number of nitrogens with zero attached hydrogens (tertiary/aromatic N) is 2. The largest absolute Gasteiger partial charge is 0.334 e. The van der Waals surface area contributed by atoms with Crippen molar-refractivity contribution in [2.24, 2.45) is 0 Å². The van der Waals surface area contributed by atoms with E-state index in [0.29, 0.717) is 28.0 Å². The summed E-state index contributed by atoms with van der Waals surface area (Å²) in [5.74, 6) is 0.678. The second kappa shape index (κ2) is 7.43. The van der Waals surface area contributed by atoms with E-state index in [1.165, 1.54) is 0 Å². The first kappa shape index (κ1) is 17.0. The maximum Gasteiger partial charge on any atom is 0.258 e. The molecule has 0 unspecified atom stereocenters. The summed E-state index contributed by atoms with van der Waals surface area (Å²) >= 11 is 6.06. The number of aromatic nitrogens is 2. The molecule has 1 heterocycles. The van der Waals surface area contributed by atoms with Gasteiger partial charge in [0, 0.05) is 16.8 Å². The summed E-state index contributed by atoms with van der Waals surface area (Å²) in [5.41, 5.74) is 2.72. The summed E-state index contributed by atoms with van der Waals surface area (Å²) in [6, 6.07) is 23.7. The molecule has 1 amide bonds. The molecule has 132 valence electrons. The summed E-state index contributed by atoms with van der Waals surface area (Å²) in [6.45, 7) is 0. The predicted octanol–water partition coefficient (Wildman–Crippen LogP) is 5.31. The van der Waals surface area contributed by atoms with Gasteiger partial charge >= 0.3 is 0 Å². The summed E-state index contributed by atoms with van der Waals surface area (Å²) in [7, 11) is 0. The van der Waals surface area contributed by atoms with Crippen molar-refractivity contribution in [3.05, 3.63) is 89.4 Å². The maximum absolute atomic E-state index is 12.3. The standard InChI is InChI=1S/C21H14ClN3O2/c22-18-9-5-4-8-17(18)20(26)23-16-12-10-15(11-13-16)21-24-19(25-27-21)14-6-2-1-3-7-14/h1-13H,(H,23,26). The first-order valence-electron chi connectivity index (χ1n) is 8.26. The molecule has 27 heavy (non-hydrogen) atoms. The van der Waals surface area contributed by atoms with Crippen LogP contribution < -0.4 is 5.32 Å². The van der Waals surface area contributed by atoms with Crippen LogP contribution >= 0.6 is 11.6 Å². The molecule has 0 saturated heterocycles. The second-order valence-corrected chi connectivity index (χ2v) is 6.21. The molecule has 0 atom stereocenters. The Labute approximate surface area is 160 Å². The van der Waals surface area contributed by atoms with Crippen molar-refractivity contribution < 1.29 is 9.32 Å². The predicted molar refractivity (Wildman–Crippen MR) is 105 cm³/mol. The number of nitrogens with one attached hydrogen (secondary N) is 1. The summed E-state index contributed by atoms with van der Waals surface area (Å²) < 4.78 is 5.35. The van der Waals surface area contributed by atoms with Crippen LogP contribution in [0.2, 0.25) is 5.02 Å². The molecule has 4 aromatic rings. The van der Waals surface area contributed by atoms with Gasteiger partial charge in [-0.15, -0.1) is 0 Å². The van der Waals surface area contributed by atoms with Crippen molar-refractivity contribution >= 4 is 23.2 Å². The van der Waals surface area contributed by atoms with Gasteiger partial charge in [0.15, 0.2) is 0 Å². The molecule has 1 aromatic heterocycles. The summed E-state index contributed by atoms with van der Waals surface area (Å²) in [5, 5.41) is 7.24. The van der Waals surface area contributed by atoms with Crippen LogP contribution in [-0.4, -0.2) is 16.0 Å². The highest BCUT2D eigenvalue weighted by Crippen LogP contribution is 2.24. The Bertz CT molecular complexity index is 1080. The summed E-state index contributed by atoms with van der Waals surface area (Å²) in [4.78, 5) is 16.7. The summed E-state index contributed by atoms with van der Waals surface area (Å²) in [6.07, 6.45) is 0. The van der Waals surface area contributed by atoms with Gasteiger partial charge in [-0.05, 0) is 36.4 Å². The van der Waals surface area contributed by atoms with Gasteiger partial charge in [-0.2, -0.15) is 4.98 Å². The second-order valence-electron chi connectivity index (χ2n) is 5.80. The number of amides is 1. The Morgan fingerprint density at radius 3 is 2.30 bits per heavy atom. The third-order valence-corrected chi connectivity index (χ3v) is 4.30. The van der Waals surface area contributed by atoms with E-state index in [2.05, 4.69) is 15.5 Å². The fraction of sp³-hybridized carbons (Fsp3) is 0. The smallest absolute Gasteiger partial charge is 0.258 e. The van der Waals surface area contributed by atoms with Crippen molar-refractivity contribution in [1.29, 1.82) is 0 Å². The number of anilines is 1. The van der Waals surface area contributed by atoms with Gasteiger partial charge in [-0.25, -0.2) is 0 Å². The minimum atomic E-state index is -0.266. The first-order valence-corrected chi connectivity index (χ1v) is 8.64. The first-order chi connectivity index (χ1) is 13.2. The van der Waals surface area contributed by atoms with Gasteiger partial charge in [0.1, 0.15) is 0 Å². The minimum absolute atomic E-state index is 0.266. The number of rotatable bonds is 4. The number of carbonyl (C=O) groups is 1. The maximum atomic E-state index is 12.3. The molecule has 0 bridgehead atoms. The van der Waals surface area contributed by atoms with Crippen molar-refractivity contribution in [3.8, 4) is 22.8 Å². The average Bonchev–Trinajstić information content (AvgIpc) is 3.20. The molecule has 0 saturated carbocycles. The average molecular weight is 376 g/mol. The lowest BCUT2D eigenvalue weighted by atomic mass is 10.1. The van der Waals surface area contributed by atoms with E-state index in [0.717, 1.165) is 11.1 Å². The lowest BCUT2D eigenvalue weighted by Gasteiger charge is -2.06. The highest BCUT2D eigenvalue weighted by Gasteiger charge is 2.12. The van der Waals surface area contributed by atoms with Gasteiger partial charge < -0.3 is 9.84 Å². The molecule has 0 aliphatic carbocycles. The van der Waals surface area contributed by atoms with E-state index in [4.69, 9.17) is 16.1 Å². The van der Waals surface area contributed by atoms with Gasteiger partial charge in [-0.1, -0.05) is 59.2 Å². The Morgan fingerprint density at radius 2 is 1.56 bits per heavy atom. The molecule has 1 N–H and O–H groups in total. The Kier molecular flexibility index (Phi) is 4.68. The topological polar surface area (TPSA) is 68.0 Å². The van der Waals surface area contributed by atoms with Crippen LogP contribution in [0.4, 0.5) is 5.69 Å². The van der Waals surface area contributed by atoms with Crippen molar-refractivity contribution in [3.63, 3.8) is 0 Å². The number of hydrogen-bond acceptors (Lipinski definition) is 4. The zero-order chi connectivity index (χ0) is 18.6. The SMILES string of the molecule is O=C(Nc1ccc(-c2nc(-c3ccccc3)no2)cc1)c1ccccc1Cl. The normalized spacial score (nSPS) is 10.6. The Morgan fingerprint density at radius 1 is 0.852 bits per heavy atom. The third-order valence-electron chi connectivity index (χ3n) is 3.97. The van der Waals surface area contributed by atoms with E-state index in [1.807, 2.05) is 42.5 Å². The number of halogens is 1. The van der Waals surface area contributed by atoms with E-state index >= 15 is 0 Å². The third kappa shape index (κ3) is 3.73. The lowest BCUT2D eigenvalue weighted by molar-refractivity contribution is 0.102. The quantitative estimate of drug-likeness (QED) is 0.525. The molecule has 0 spiro atoms. The van der Waals surface area contributed by atoms with E-state index < -0.39 is 0 Å². The van der Waals surface area contributed by atoms with Crippen molar-refractivity contribution in [2.75, 3.05) is 5.32 Å². The van der Waals surface area contributed by atoms with Crippen LogP contribution in [0.5, 0.6) is 0 Å². The molecule has 0 aliphatic heterocycles. The van der Waals surface area contributed by atoms with E-state index in [-0.39, 0.29) is 5.91 Å². The molecular formula is C21H14ClN3O2. The molecular weight excluding hydrogens is 362 g/mol. The van der Waals surface area contributed by atoms with Gasteiger partial charge in [0.05, 0.1) is 10.6 Å². The van der Waals surface area contributed by atoms with Crippen molar-refractivity contribution in [2.45, 2.75) is 0 Å².